The Morgan fingerprint density at radius 3 is 2.45 bits per heavy atom. The predicted molar refractivity (Wildman–Crippen MR) is 169 cm³/mol. The Morgan fingerprint density at radius 1 is 1.02 bits per heavy atom. The van der Waals surface area contributed by atoms with Crippen molar-refractivity contribution in [3.63, 3.8) is 0 Å². The number of alkyl halides is 3. The molecule has 0 spiro atoms. The average molecular weight is 649 g/mol. The number of rotatable bonds is 9. The number of para-hydroxylation sites is 1. The van der Waals surface area contributed by atoms with Gasteiger partial charge in [0.05, 0.1) is 23.1 Å². The molecule has 0 bridgehead atoms. The number of amides is 3. The molecule has 0 radical (unpaired) electrons. The first-order chi connectivity index (χ1) is 22.4. The van der Waals surface area contributed by atoms with Crippen LogP contribution in [0, 0.1) is 5.82 Å². The topological polar surface area (TPSA) is 99.6 Å². The van der Waals surface area contributed by atoms with Crippen LogP contribution in [0.25, 0.3) is 5.69 Å². The van der Waals surface area contributed by atoms with Gasteiger partial charge in [-0.15, -0.1) is 0 Å². The summed E-state index contributed by atoms with van der Waals surface area (Å²) in [6.07, 6.45) is -0.261. The Hall–Kier alpha value is -5.30. The first-order valence-corrected chi connectivity index (χ1v) is 14.7. The number of nitrogens with one attached hydrogen (secondary N) is 2. The van der Waals surface area contributed by atoms with Crippen molar-refractivity contribution in [3.8, 4) is 5.69 Å². The molecule has 2 atom stereocenters. The summed E-state index contributed by atoms with van der Waals surface area (Å²) in [5.41, 5.74) is 0.0355. The number of carbonyl (C=O) groups is 3. The van der Waals surface area contributed by atoms with Crippen LogP contribution in [0.2, 0.25) is 0 Å². The maximum absolute atomic E-state index is 15.0. The highest BCUT2D eigenvalue weighted by Crippen LogP contribution is 2.42. The Kier molecular flexibility index (Phi) is 9.56. The smallest absolute Gasteiger partial charge is 0.339 e. The average Bonchev–Trinajstić information content (AvgIpc) is 3.47. The highest BCUT2D eigenvalue weighted by Gasteiger charge is 2.44. The Labute approximate surface area is 268 Å². The van der Waals surface area contributed by atoms with Crippen molar-refractivity contribution in [2.45, 2.75) is 25.1 Å². The zero-order chi connectivity index (χ0) is 33.9. The number of hydrogen-bond acceptors (Lipinski definition) is 5. The molecule has 1 aliphatic heterocycles. The van der Waals surface area contributed by atoms with Crippen LogP contribution in [0.15, 0.2) is 91.1 Å². The van der Waals surface area contributed by atoms with E-state index in [1.54, 1.807) is 29.8 Å². The summed E-state index contributed by atoms with van der Waals surface area (Å²) in [4.78, 5) is 43.5. The van der Waals surface area contributed by atoms with Crippen molar-refractivity contribution >= 4 is 29.2 Å². The number of nitrogens with zero attached hydrogens (tertiary/aromatic N) is 4. The van der Waals surface area contributed by atoms with E-state index in [9.17, 15) is 27.6 Å². The van der Waals surface area contributed by atoms with Crippen LogP contribution < -0.4 is 15.5 Å². The lowest BCUT2D eigenvalue weighted by Gasteiger charge is -2.38. The number of aromatic nitrogens is 2. The fourth-order valence-electron chi connectivity index (χ4n) is 5.46. The third kappa shape index (κ3) is 7.09. The molecule has 0 fully saturated rings. The molecule has 2 N–H and O–H groups in total. The van der Waals surface area contributed by atoms with Crippen LogP contribution in [-0.2, 0) is 15.8 Å². The van der Waals surface area contributed by atoms with E-state index in [1.165, 1.54) is 35.4 Å². The third-order valence-corrected chi connectivity index (χ3v) is 7.63. The number of fused-ring (bicyclic) bond motifs is 1. The van der Waals surface area contributed by atoms with Gasteiger partial charge in [-0.05, 0) is 69.0 Å². The molecule has 0 unspecified atom stereocenters. The molecule has 0 saturated heterocycles. The predicted octanol–water partition coefficient (Wildman–Crippen LogP) is 5.38. The second-order valence-electron chi connectivity index (χ2n) is 11.2. The summed E-state index contributed by atoms with van der Waals surface area (Å²) in [6, 6.07) is 15.6. The van der Waals surface area contributed by atoms with Gasteiger partial charge in [0.15, 0.2) is 0 Å². The van der Waals surface area contributed by atoms with Gasteiger partial charge < -0.3 is 15.5 Å². The van der Waals surface area contributed by atoms with Crippen LogP contribution >= 0.6 is 0 Å². The maximum atomic E-state index is 15.0. The monoisotopic (exact) mass is 648 g/mol. The fourth-order valence-corrected chi connectivity index (χ4v) is 5.46. The zero-order valence-electron chi connectivity index (χ0n) is 25.8. The van der Waals surface area contributed by atoms with E-state index in [2.05, 4.69) is 15.7 Å². The molecule has 3 aromatic carbocycles. The summed E-state index contributed by atoms with van der Waals surface area (Å²) in [7, 11) is 3.65. The normalized spacial score (nSPS) is 16.4. The maximum Gasteiger partial charge on any atom is 0.416 e. The summed E-state index contributed by atoms with van der Waals surface area (Å²) in [6.45, 7) is 2.40. The van der Waals surface area contributed by atoms with Gasteiger partial charge in [0.2, 0.25) is 5.91 Å². The van der Waals surface area contributed by atoms with Gasteiger partial charge in [0, 0.05) is 36.2 Å². The fraction of sp³-hybridized carbons (Fsp3) is 0.235. The Morgan fingerprint density at radius 2 is 1.77 bits per heavy atom. The minimum absolute atomic E-state index is 0.160. The molecule has 13 heteroatoms. The van der Waals surface area contributed by atoms with Gasteiger partial charge in [0.25, 0.3) is 11.8 Å². The van der Waals surface area contributed by atoms with Crippen molar-refractivity contribution in [3.05, 3.63) is 119 Å². The first-order valence-electron chi connectivity index (χ1n) is 14.7. The van der Waals surface area contributed by atoms with Gasteiger partial charge >= 0.3 is 6.18 Å². The molecule has 47 heavy (non-hydrogen) atoms. The van der Waals surface area contributed by atoms with Gasteiger partial charge in [-0.1, -0.05) is 36.4 Å². The molecule has 0 aliphatic carbocycles. The molecule has 5 rings (SSSR count). The van der Waals surface area contributed by atoms with Gasteiger partial charge in [-0.2, -0.15) is 18.3 Å². The molecular formula is C34H32F4N6O3. The molecule has 1 aliphatic rings. The van der Waals surface area contributed by atoms with Crippen LogP contribution in [0.3, 0.4) is 0 Å². The zero-order valence-corrected chi connectivity index (χ0v) is 25.8. The SMILES string of the molecule is CCN1C(=O)[C@@H](NC(=O)c2cccc(C(F)(F)F)c2)[C@@H](c2ccc(F)c(NC(=O)/C=C/CN(C)C)c2)c2cnn(-c3ccccc3)c21. The Bertz CT molecular complexity index is 1820. The van der Waals surface area contributed by atoms with E-state index in [0.29, 0.717) is 35.2 Å². The van der Waals surface area contributed by atoms with Crippen LogP contribution in [0.1, 0.15) is 39.9 Å². The molecule has 3 amide bonds. The van der Waals surface area contributed by atoms with Crippen LogP contribution in [-0.4, -0.2) is 65.6 Å². The summed E-state index contributed by atoms with van der Waals surface area (Å²) in [5, 5.41) is 9.72. The minimum atomic E-state index is -4.68. The highest BCUT2D eigenvalue weighted by molar-refractivity contribution is 6.05. The summed E-state index contributed by atoms with van der Waals surface area (Å²) in [5.74, 6) is -3.31. The molecule has 4 aromatic rings. The molecular weight excluding hydrogens is 616 g/mol. The summed E-state index contributed by atoms with van der Waals surface area (Å²) >= 11 is 0. The lowest BCUT2D eigenvalue weighted by Crippen LogP contribution is -2.55. The van der Waals surface area contributed by atoms with Crippen molar-refractivity contribution in [2.24, 2.45) is 0 Å². The van der Waals surface area contributed by atoms with E-state index >= 15 is 4.39 Å². The second-order valence-corrected chi connectivity index (χ2v) is 11.2. The minimum Gasteiger partial charge on any atom is -0.339 e. The van der Waals surface area contributed by atoms with E-state index in [4.69, 9.17) is 0 Å². The van der Waals surface area contributed by atoms with E-state index in [-0.39, 0.29) is 17.8 Å². The van der Waals surface area contributed by atoms with E-state index in [1.807, 2.05) is 37.2 Å². The van der Waals surface area contributed by atoms with Gasteiger partial charge in [-0.3, -0.25) is 19.3 Å². The number of benzene rings is 3. The van der Waals surface area contributed by atoms with Gasteiger partial charge in [0.1, 0.15) is 17.7 Å². The third-order valence-electron chi connectivity index (χ3n) is 7.63. The van der Waals surface area contributed by atoms with Crippen molar-refractivity contribution < 1.29 is 31.9 Å². The number of hydrogen-bond donors (Lipinski definition) is 2. The van der Waals surface area contributed by atoms with Crippen LogP contribution in [0.4, 0.5) is 29.1 Å². The number of likely N-dealkylation sites (N-methyl/N-ethyl adjacent to an activating group) is 2. The van der Waals surface area contributed by atoms with E-state index in [0.717, 1.165) is 18.2 Å². The molecule has 0 saturated carbocycles. The molecule has 1 aromatic heterocycles. The number of anilines is 2. The lowest BCUT2D eigenvalue weighted by atomic mass is 9.82. The summed E-state index contributed by atoms with van der Waals surface area (Å²) < 4.78 is 56.9. The Balaban J connectivity index is 1.60. The van der Waals surface area contributed by atoms with E-state index < -0.39 is 47.2 Å². The largest absolute Gasteiger partial charge is 0.416 e. The standard InChI is InChI=1S/C34H32F4N6O3/c1-4-43-32-25(20-39-44(32)24-12-6-5-7-13-24)29(21-15-16-26(35)27(19-21)40-28(45)14-9-17-42(2)3)30(33(43)47)41-31(46)22-10-8-11-23(18-22)34(36,37)38/h5-16,18-20,29-30H,4,17H2,1-3H3,(H,40,45)(H,41,46)/b14-9+/t29-,30-/m0/s1. The number of halogens is 4. The second kappa shape index (κ2) is 13.6. The lowest BCUT2D eigenvalue weighted by molar-refractivity contribution is -0.137. The first kappa shape index (κ1) is 33.1. The molecule has 2 heterocycles. The van der Waals surface area contributed by atoms with Crippen LogP contribution in [0.5, 0.6) is 0 Å². The highest BCUT2D eigenvalue weighted by atomic mass is 19.4. The van der Waals surface area contributed by atoms with Crippen molar-refractivity contribution in [1.29, 1.82) is 0 Å². The quantitative estimate of drug-likeness (QED) is 0.188. The van der Waals surface area contributed by atoms with Gasteiger partial charge in [-0.25, -0.2) is 9.07 Å². The number of carbonyl (C=O) groups excluding carboxylic acids is 3. The van der Waals surface area contributed by atoms with Crippen molar-refractivity contribution in [1.82, 2.24) is 20.0 Å². The van der Waals surface area contributed by atoms with Crippen molar-refractivity contribution in [2.75, 3.05) is 37.4 Å². The molecule has 9 nitrogen and oxygen atoms in total. The molecule has 244 valence electrons.